The van der Waals surface area contributed by atoms with Gasteiger partial charge in [0.25, 0.3) is 0 Å². The zero-order valence-electron chi connectivity index (χ0n) is 14.0. The Morgan fingerprint density at radius 1 is 1.14 bits per heavy atom. The number of rotatable bonds is 10. The van der Waals surface area contributed by atoms with Gasteiger partial charge in [-0.2, -0.15) is 31.3 Å². The molecule has 0 bridgehead atoms. The van der Waals surface area contributed by atoms with Crippen molar-refractivity contribution in [3.8, 4) is 0 Å². The molecule has 0 spiro atoms. The van der Waals surface area contributed by atoms with Crippen molar-refractivity contribution in [2.75, 3.05) is 32.4 Å². The molecule has 0 N–H and O–H groups in total. The summed E-state index contributed by atoms with van der Waals surface area (Å²) in [4.78, 5) is 15.0. The van der Waals surface area contributed by atoms with E-state index in [0.29, 0.717) is 0 Å². The smallest absolute Gasteiger partial charge is 0.367 e. The molecule has 28 heavy (non-hydrogen) atoms. The van der Waals surface area contributed by atoms with Crippen LogP contribution in [0.2, 0.25) is 0 Å². The summed E-state index contributed by atoms with van der Waals surface area (Å²) in [6, 6.07) is 0. The van der Waals surface area contributed by atoms with Gasteiger partial charge in [0.15, 0.2) is 19.0 Å². The summed E-state index contributed by atoms with van der Waals surface area (Å²) in [6.07, 6.45) is -8.89. The quantitative estimate of drug-likeness (QED) is 0.173. The second kappa shape index (κ2) is 10.1. The van der Waals surface area contributed by atoms with E-state index in [1.54, 1.807) is 0 Å². The van der Waals surface area contributed by atoms with E-state index < -0.39 is 57.6 Å². The molecule has 1 aromatic heterocycles. The Morgan fingerprint density at radius 2 is 1.68 bits per heavy atom. The third-order valence-electron chi connectivity index (χ3n) is 2.69. The molecular formula is C12H14F7N2O5PS. The molecule has 0 aromatic carbocycles. The van der Waals surface area contributed by atoms with E-state index in [1.165, 1.54) is 6.26 Å². The summed E-state index contributed by atoms with van der Waals surface area (Å²) in [5.41, 5.74) is -0.862. The van der Waals surface area contributed by atoms with Crippen molar-refractivity contribution in [1.82, 2.24) is 9.55 Å². The fourth-order valence-electron chi connectivity index (χ4n) is 1.55. The first-order chi connectivity index (χ1) is 12.7. The highest BCUT2D eigenvalue weighted by Crippen LogP contribution is 2.50. The maximum atomic E-state index is 13.6. The minimum Gasteiger partial charge on any atom is -0.367 e. The number of thioether (sulfide) groups is 1. The van der Waals surface area contributed by atoms with Crippen LogP contribution in [-0.4, -0.2) is 54.3 Å². The zero-order chi connectivity index (χ0) is 21.6. The van der Waals surface area contributed by atoms with E-state index in [-0.39, 0.29) is 11.6 Å². The van der Waals surface area contributed by atoms with Crippen LogP contribution in [0.1, 0.15) is 0 Å². The number of aromatic nitrogens is 2. The standard InChI is InChI=1S/C12H14F7N2O5PS/c1-28-9-8(13)4-21(10(22)20-9)2-3-24-7-27(23,25-5-11(14,15)16)26-6-12(17,18)19/h4H,2-3,5-7H2,1H3. The second-order valence-corrected chi connectivity index (χ2v) is 7.79. The largest absolute Gasteiger partial charge is 0.412 e. The number of hydrogen-bond acceptors (Lipinski definition) is 7. The summed E-state index contributed by atoms with van der Waals surface area (Å²) in [5, 5.41) is -0.159. The van der Waals surface area contributed by atoms with Crippen molar-refractivity contribution in [1.29, 1.82) is 0 Å². The SMILES string of the molecule is CSc1nc(=O)n(CCOCP(=O)(OCC(F)(F)F)OCC(F)(F)F)cc1F. The summed E-state index contributed by atoms with van der Waals surface area (Å²) in [5.74, 6) is -0.820. The molecule has 0 aliphatic rings. The molecule has 0 unspecified atom stereocenters. The number of alkyl halides is 6. The highest BCUT2D eigenvalue weighted by molar-refractivity contribution is 7.98. The molecule has 0 saturated carbocycles. The van der Waals surface area contributed by atoms with Crippen molar-refractivity contribution >= 4 is 19.4 Å². The van der Waals surface area contributed by atoms with Gasteiger partial charge in [-0.3, -0.25) is 18.2 Å². The second-order valence-electron chi connectivity index (χ2n) is 5.00. The van der Waals surface area contributed by atoms with E-state index in [0.717, 1.165) is 22.5 Å². The maximum absolute atomic E-state index is 13.6. The third-order valence-corrected chi connectivity index (χ3v) is 4.90. The van der Waals surface area contributed by atoms with Crippen LogP contribution in [-0.2, 0) is 24.9 Å². The lowest BCUT2D eigenvalue weighted by Gasteiger charge is -2.20. The van der Waals surface area contributed by atoms with Gasteiger partial charge >= 0.3 is 25.6 Å². The number of ether oxygens (including phenoxy) is 1. The number of halogens is 7. The van der Waals surface area contributed by atoms with Crippen LogP contribution in [0, 0.1) is 5.82 Å². The lowest BCUT2D eigenvalue weighted by Crippen LogP contribution is -2.26. The van der Waals surface area contributed by atoms with Crippen LogP contribution in [0.15, 0.2) is 16.0 Å². The lowest BCUT2D eigenvalue weighted by molar-refractivity contribution is -0.166. The van der Waals surface area contributed by atoms with Crippen LogP contribution < -0.4 is 5.69 Å². The topological polar surface area (TPSA) is 79.7 Å². The molecule has 0 aliphatic carbocycles. The molecule has 0 atom stereocenters. The molecule has 1 heterocycles. The lowest BCUT2D eigenvalue weighted by atomic mass is 10.5. The Bertz CT molecular complexity index is 733. The fourth-order valence-corrected chi connectivity index (χ4v) is 3.23. The van der Waals surface area contributed by atoms with Crippen molar-refractivity contribution < 1.29 is 49.1 Å². The first kappa shape index (κ1) is 24.9. The molecule has 7 nitrogen and oxygen atoms in total. The van der Waals surface area contributed by atoms with Crippen LogP contribution in [0.4, 0.5) is 30.7 Å². The van der Waals surface area contributed by atoms with Crippen LogP contribution in [0.5, 0.6) is 0 Å². The average Bonchev–Trinajstić information content (AvgIpc) is 2.56. The molecular weight excluding hydrogens is 448 g/mol. The molecule has 0 amide bonds. The Balaban J connectivity index is 2.68. The van der Waals surface area contributed by atoms with Gasteiger partial charge < -0.3 is 4.74 Å². The Labute approximate surface area is 157 Å². The monoisotopic (exact) mass is 462 g/mol. The van der Waals surface area contributed by atoms with Crippen molar-refractivity contribution in [2.45, 2.75) is 23.9 Å². The zero-order valence-corrected chi connectivity index (χ0v) is 15.8. The molecule has 1 rings (SSSR count). The normalized spacial score (nSPS) is 13.1. The van der Waals surface area contributed by atoms with Crippen LogP contribution in [0.25, 0.3) is 0 Å². The fraction of sp³-hybridized carbons (Fsp3) is 0.667. The van der Waals surface area contributed by atoms with E-state index in [9.17, 15) is 40.1 Å². The van der Waals surface area contributed by atoms with Gasteiger partial charge in [-0.25, -0.2) is 9.18 Å². The molecule has 0 fully saturated rings. The van der Waals surface area contributed by atoms with E-state index in [4.69, 9.17) is 4.74 Å². The van der Waals surface area contributed by atoms with E-state index in [2.05, 4.69) is 14.0 Å². The van der Waals surface area contributed by atoms with E-state index >= 15 is 0 Å². The Hall–Kier alpha value is -1.15. The Kier molecular flexibility index (Phi) is 8.93. The predicted octanol–water partition coefficient (Wildman–Crippen LogP) is 3.43. The molecule has 16 heteroatoms. The summed E-state index contributed by atoms with van der Waals surface area (Å²) in [7, 11) is -4.91. The van der Waals surface area contributed by atoms with Crippen molar-refractivity contribution in [2.24, 2.45) is 0 Å². The molecule has 1 aromatic rings. The van der Waals surface area contributed by atoms with Crippen molar-refractivity contribution in [3.63, 3.8) is 0 Å². The minimum absolute atomic E-state index is 0.159. The van der Waals surface area contributed by atoms with Crippen LogP contribution >= 0.6 is 19.4 Å². The summed E-state index contributed by atoms with van der Waals surface area (Å²) < 4.78 is 112. The average molecular weight is 462 g/mol. The molecule has 0 aliphatic heterocycles. The summed E-state index contributed by atoms with van der Waals surface area (Å²) >= 11 is 0.880. The van der Waals surface area contributed by atoms with Gasteiger partial charge in [0.2, 0.25) is 0 Å². The summed E-state index contributed by atoms with van der Waals surface area (Å²) in [6.45, 7) is -5.11. The van der Waals surface area contributed by atoms with Crippen molar-refractivity contribution in [3.05, 3.63) is 22.5 Å². The molecule has 0 radical (unpaired) electrons. The minimum atomic E-state index is -4.97. The Morgan fingerprint density at radius 3 is 2.14 bits per heavy atom. The number of nitrogens with zero attached hydrogens (tertiary/aromatic N) is 2. The van der Waals surface area contributed by atoms with Gasteiger partial charge in [-0.05, 0) is 6.26 Å². The highest BCUT2D eigenvalue weighted by Gasteiger charge is 2.38. The van der Waals surface area contributed by atoms with E-state index in [1.807, 2.05) is 0 Å². The first-order valence-electron chi connectivity index (χ1n) is 7.15. The van der Waals surface area contributed by atoms with Crippen LogP contribution in [0.3, 0.4) is 0 Å². The van der Waals surface area contributed by atoms with Gasteiger partial charge in [0.1, 0.15) is 11.4 Å². The molecule has 162 valence electrons. The van der Waals surface area contributed by atoms with Gasteiger partial charge in [-0.15, -0.1) is 11.8 Å². The number of hydrogen-bond donors (Lipinski definition) is 0. The van der Waals surface area contributed by atoms with Gasteiger partial charge in [-0.1, -0.05) is 0 Å². The molecule has 0 saturated heterocycles. The van der Waals surface area contributed by atoms with Gasteiger partial charge in [0, 0.05) is 6.20 Å². The predicted molar refractivity (Wildman–Crippen MR) is 82.7 cm³/mol. The third kappa shape index (κ3) is 9.37. The first-order valence-corrected chi connectivity index (χ1v) is 10.1. The highest BCUT2D eigenvalue weighted by atomic mass is 32.2. The maximum Gasteiger partial charge on any atom is 0.412 e. The van der Waals surface area contributed by atoms with Gasteiger partial charge in [0.05, 0.1) is 13.2 Å².